The lowest BCUT2D eigenvalue weighted by atomic mass is 10.0. The van der Waals surface area contributed by atoms with Gasteiger partial charge in [-0.2, -0.15) is 0 Å². The van der Waals surface area contributed by atoms with Crippen LogP contribution in [0.5, 0.6) is 5.75 Å². The first-order valence-corrected chi connectivity index (χ1v) is 8.75. The van der Waals surface area contributed by atoms with Crippen molar-refractivity contribution in [2.75, 3.05) is 33.4 Å². The van der Waals surface area contributed by atoms with Crippen molar-refractivity contribution in [2.24, 2.45) is 5.92 Å². The summed E-state index contributed by atoms with van der Waals surface area (Å²) in [5.74, 6) is 0.189. The van der Waals surface area contributed by atoms with Crippen molar-refractivity contribution in [2.45, 2.75) is 13.0 Å². The zero-order chi connectivity index (χ0) is 18.4. The van der Waals surface area contributed by atoms with Crippen LogP contribution in [0.3, 0.4) is 0 Å². The summed E-state index contributed by atoms with van der Waals surface area (Å²) in [6.45, 7) is 3.14. The fourth-order valence-electron chi connectivity index (χ4n) is 3.37. The monoisotopic (exact) mass is 356 g/mol. The topological polar surface area (TPSA) is 71.9 Å². The quantitative estimate of drug-likeness (QED) is 0.784. The molecule has 3 rings (SSSR count). The van der Waals surface area contributed by atoms with Gasteiger partial charge in [-0.1, -0.05) is 12.1 Å². The molecular weight excluding hydrogens is 332 g/mol. The van der Waals surface area contributed by atoms with Crippen molar-refractivity contribution >= 4 is 5.97 Å². The van der Waals surface area contributed by atoms with Gasteiger partial charge in [0.25, 0.3) is 0 Å². The molecule has 0 aliphatic carbocycles. The lowest BCUT2D eigenvalue weighted by Gasteiger charge is -2.19. The molecule has 0 radical (unpaired) electrons. The van der Waals surface area contributed by atoms with Crippen LogP contribution in [0.2, 0.25) is 0 Å². The van der Waals surface area contributed by atoms with E-state index in [2.05, 4.69) is 16.0 Å². The first-order chi connectivity index (χ1) is 12.7. The number of aromatic nitrogens is 1. The van der Waals surface area contributed by atoms with Crippen molar-refractivity contribution in [3.05, 3.63) is 48.3 Å². The smallest absolute Gasteiger partial charge is 0.341 e. The van der Waals surface area contributed by atoms with E-state index in [0.29, 0.717) is 11.7 Å². The molecule has 0 unspecified atom stereocenters. The second-order valence-corrected chi connectivity index (χ2v) is 6.59. The Labute approximate surface area is 153 Å². The molecule has 0 saturated carbocycles. The van der Waals surface area contributed by atoms with Crippen LogP contribution >= 0.6 is 0 Å². The van der Waals surface area contributed by atoms with E-state index in [1.54, 1.807) is 13.3 Å². The molecule has 138 valence electrons. The summed E-state index contributed by atoms with van der Waals surface area (Å²) in [7, 11) is 1.73. The van der Waals surface area contributed by atoms with Crippen molar-refractivity contribution in [1.82, 2.24) is 9.88 Å². The third-order valence-corrected chi connectivity index (χ3v) is 4.57. The summed E-state index contributed by atoms with van der Waals surface area (Å²) in [4.78, 5) is 17.4. The minimum atomic E-state index is -0.978. The van der Waals surface area contributed by atoms with Crippen LogP contribution in [0.15, 0.2) is 42.7 Å². The number of hydrogen-bond donors (Lipinski definition) is 1. The van der Waals surface area contributed by atoms with E-state index in [9.17, 15) is 4.79 Å². The Hall–Kier alpha value is -2.44. The number of carbonyl (C=O) groups is 1. The Balaban J connectivity index is 1.80. The van der Waals surface area contributed by atoms with Gasteiger partial charge in [0.2, 0.25) is 0 Å². The van der Waals surface area contributed by atoms with Gasteiger partial charge in [-0.3, -0.25) is 9.88 Å². The van der Waals surface area contributed by atoms with E-state index in [1.807, 2.05) is 30.5 Å². The average Bonchev–Trinajstić information content (AvgIpc) is 3.08. The van der Waals surface area contributed by atoms with Crippen LogP contribution in [-0.4, -0.2) is 54.4 Å². The van der Waals surface area contributed by atoms with Crippen molar-refractivity contribution in [3.8, 4) is 16.9 Å². The lowest BCUT2D eigenvalue weighted by Crippen LogP contribution is -2.22. The molecule has 6 heteroatoms. The predicted molar refractivity (Wildman–Crippen MR) is 98.1 cm³/mol. The number of ether oxygens (including phenoxy) is 2. The van der Waals surface area contributed by atoms with E-state index < -0.39 is 5.97 Å². The molecule has 2 aromatic rings. The largest absolute Gasteiger partial charge is 0.482 e. The van der Waals surface area contributed by atoms with Crippen LogP contribution in [-0.2, 0) is 16.1 Å². The molecule has 1 atom stereocenters. The van der Waals surface area contributed by atoms with E-state index >= 15 is 0 Å². The molecule has 1 aromatic carbocycles. The van der Waals surface area contributed by atoms with Gasteiger partial charge in [0.1, 0.15) is 5.75 Å². The van der Waals surface area contributed by atoms with Crippen molar-refractivity contribution in [1.29, 1.82) is 0 Å². The second kappa shape index (κ2) is 8.78. The summed E-state index contributed by atoms with van der Waals surface area (Å²) >= 11 is 0. The number of pyridine rings is 1. The lowest BCUT2D eigenvalue weighted by molar-refractivity contribution is -0.139. The van der Waals surface area contributed by atoms with Crippen molar-refractivity contribution in [3.63, 3.8) is 0 Å². The second-order valence-electron chi connectivity index (χ2n) is 6.59. The molecule has 26 heavy (non-hydrogen) atoms. The number of methoxy groups -OCH3 is 1. The molecule has 1 aromatic heterocycles. The zero-order valence-corrected chi connectivity index (χ0v) is 14.9. The SMILES string of the molecule is COC[C@@H]1CCN(Cc2cc(-c3cccnc3)ccc2OCC(=O)O)C1. The molecule has 0 amide bonds. The molecule has 6 nitrogen and oxygen atoms in total. The molecule has 2 heterocycles. The molecule has 0 bridgehead atoms. The number of rotatable bonds is 8. The highest BCUT2D eigenvalue weighted by atomic mass is 16.5. The minimum Gasteiger partial charge on any atom is -0.482 e. The summed E-state index contributed by atoms with van der Waals surface area (Å²) in [5.41, 5.74) is 3.06. The summed E-state index contributed by atoms with van der Waals surface area (Å²) in [5, 5.41) is 8.92. The number of nitrogens with zero attached hydrogens (tertiary/aromatic N) is 2. The van der Waals surface area contributed by atoms with E-state index in [1.165, 1.54) is 0 Å². The maximum Gasteiger partial charge on any atom is 0.341 e. The first-order valence-electron chi connectivity index (χ1n) is 8.75. The van der Waals surface area contributed by atoms with E-state index in [4.69, 9.17) is 14.6 Å². The number of carboxylic acid groups (broad SMARTS) is 1. The van der Waals surface area contributed by atoms with Crippen LogP contribution in [0.25, 0.3) is 11.1 Å². The molecular formula is C20H24N2O4. The third kappa shape index (κ3) is 4.80. The zero-order valence-electron chi connectivity index (χ0n) is 14.9. The van der Waals surface area contributed by atoms with Gasteiger partial charge in [0.15, 0.2) is 6.61 Å². The fourth-order valence-corrected chi connectivity index (χ4v) is 3.37. The third-order valence-electron chi connectivity index (χ3n) is 4.57. The summed E-state index contributed by atoms with van der Waals surface area (Å²) in [6, 6.07) is 9.77. The normalized spacial score (nSPS) is 17.3. The first kappa shape index (κ1) is 18.4. The van der Waals surface area contributed by atoms with Crippen LogP contribution in [0.1, 0.15) is 12.0 Å². The van der Waals surface area contributed by atoms with Crippen LogP contribution < -0.4 is 4.74 Å². The molecule has 1 saturated heterocycles. The van der Waals surface area contributed by atoms with Gasteiger partial charge in [-0.25, -0.2) is 4.79 Å². The molecule has 1 aliphatic heterocycles. The number of likely N-dealkylation sites (tertiary alicyclic amines) is 1. The highest BCUT2D eigenvalue weighted by Crippen LogP contribution is 2.29. The van der Waals surface area contributed by atoms with Gasteiger partial charge < -0.3 is 14.6 Å². The summed E-state index contributed by atoms with van der Waals surface area (Å²) < 4.78 is 10.8. The predicted octanol–water partition coefficient (Wildman–Crippen LogP) is 2.68. The maximum atomic E-state index is 10.9. The number of aliphatic carboxylic acids is 1. The van der Waals surface area contributed by atoms with E-state index in [-0.39, 0.29) is 6.61 Å². The maximum absolute atomic E-state index is 10.9. The van der Waals surface area contributed by atoms with Gasteiger partial charge in [0, 0.05) is 43.7 Å². The van der Waals surface area contributed by atoms with E-state index in [0.717, 1.165) is 49.4 Å². The number of carboxylic acids is 1. The Kier molecular flexibility index (Phi) is 6.20. The Morgan fingerprint density at radius 1 is 1.35 bits per heavy atom. The molecule has 0 spiro atoms. The average molecular weight is 356 g/mol. The molecule has 1 N–H and O–H groups in total. The molecule has 1 fully saturated rings. The summed E-state index contributed by atoms with van der Waals surface area (Å²) in [6.07, 6.45) is 4.68. The number of hydrogen-bond acceptors (Lipinski definition) is 5. The fraction of sp³-hybridized carbons (Fsp3) is 0.400. The van der Waals surface area contributed by atoms with Gasteiger partial charge in [-0.05, 0) is 42.6 Å². The highest BCUT2D eigenvalue weighted by molar-refractivity contribution is 5.69. The van der Waals surface area contributed by atoms with Crippen LogP contribution in [0.4, 0.5) is 0 Å². The van der Waals surface area contributed by atoms with Gasteiger partial charge in [-0.15, -0.1) is 0 Å². The standard InChI is InChI=1S/C20H24N2O4/c1-25-13-15-6-8-22(11-15)12-18-9-16(17-3-2-7-21-10-17)4-5-19(18)26-14-20(23)24/h2-5,7,9-10,15H,6,8,11-14H2,1H3,(H,23,24)/t15-/m1/s1. The van der Waals surface area contributed by atoms with Gasteiger partial charge >= 0.3 is 5.97 Å². The Bertz CT molecular complexity index is 736. The Morgan fingerprint density at radius 2 is 2.23 bits per heavy atom. The number of benzene rings is 1. The minimum absolute atomic E-state index is 0.342. The van der Waals surface area contributed by atoms with Crippen molar-refractivity contribution < 1.29 is 19.4 Å². The molecule has 1 aliphatic rings. The van der Waals surface area contributed by atoms with Gasteiger partial charge in [0.05, 0.1) is 6.61 Å². The Morgan fingerprint density at radius 3 is 2.96 bits per heavy atom. The van der Waals surface area contributed by atoms with Crippen LogP contribution in [0, 0.1) is 5.92 Å². The highest BCUT2D eigenvalue weighted by Gasteiger charge is 2.23.